The van der Waals surface area contributed by atoms with Crippen molar-refractivity contribution in [2.75, 3.05) is 39.3 Å². The average molecular weight is 1190 g/mol. The van der Waals surface area contributed by atoms with Crippen LogP contribution in [0.5, 0.6) is 0 Å². The highest BCUT2D eigenvalue weighted by Gasteiger charge is 2.37. The summed E-state index contributed by atoms with van der Waals surface area (Å²) in [5, 5.41) is 39.6. The fourth-order valence-electron chi connectivity index (χ4n) is 9.16. The van der Waals surface area contributed by atoms with Gasteiger partial charge in [-0.15, -0.1) is 0 Å². The lowest BCUT2D eigenvalue weighted by molar-refractivity contribution is -0.137. The number of amides is 11. The number of nitrogens with one attached hydrogen (secondary N) is 11. The molecule has 1 heterocycles. The first-order valence-corrected chi connectivity index (χ1v) is 29.5. The van der Waals surface area contributed by atoms with Crippen LogP contribution in [0, 0.1) is 11.8 Å². The number of rotatable bonds is 29. The monoisotopic (exact) mass is 1190 g/mol. The largest absolute Gasteiger partial charge is 0.391 e. The molecule has 0 unspecified atom stereocenters. The average Bonchev–Trinajstić information content (AvgIpc) is 3.44. The molecule has 1 fully saturated rings. The quantitative estimate of drug-likeness (QED) is 0.0338. The van der Waals surface area contributed by atoms with Gasteiger partial charge in [-0.05, 0) is 108 Å². The van der Waals surface area contributed by atoms with Crippen LogP contribution in [0.2, 0.25) is 0 Å². The molecule has 2 rings (SSSR count). The Bertz CT molecular complexity index is 2280. The Kier molecular flexibility index (Phi) is 34.6. The first-order valence-electron chi connectivity index (χ1n) is 29.5. The lowest BCUT2D eigenvalue weighted by Gasteiger charge is -2.29. The van der Waals surface area contributed by atoms with E-state index in [0.29, 0.717) is 12.0 Å². The van der Waals surface area contributed by atoms with Gasteiger partial charge < -0.3 is 92.3 Å². The summed E-state index contributed by atoms with van der Waals surface area (Å²) in [4.78, 5) is 154. The number of unbranched alkanes of at least 4 members (excludes halogenated alkanes) is 4. The van der Waals surface area contributed by atoms with E-state index in [-0.39, 0.29) is 103 Å². The number of aliphatic hydroxyl groups is 1. The lowest BCUT2D eigenvalue weighted by Crippen LogP contribution is -2.62. The normalized spacial score (nSPS) is 22.3. The van der Waals surface area contributed by atoms with E-state index in [1.165, 1.54) is 6.92 Å². The summed E-state index contributed by atoms with van der Waals surface area (Å²) in [5.74, 6) is -9.79. The van der Waals surface area contributed by atoms with Crippen molar-refractivity contribution in [3.05, 3.63) is 35.9 Å². The molecule has 474 valence electrons. The van der Waals surface area contributed by atoms with Crippen molar-refractivity contribution in [2.45, 2.75) is 198 Å². The van der Waals surface area contributed by atoms with Gasteiger partial charge in [-0.1, -0.05) is 90.6 Å². The van der Waals surface area contributed by atoms with Gasteiger partial charge in [-0.3, -0.25) is 52.7 Å². The smallest absolute Gasteiger partial charge is 0.245 e. The van der Waals surface area contributed by atoms with Crippen molar-refractivity contribution < 1.29 is 57.8 Å². The van der Waals surface area contributed by atoms with Crippen LogP contribution in [0.15, 0.2) is 30.3 Å². The molecule has 1 aromatic rings. The first-order chi connectivity index (χ1) is 39.9. The first kappa shape index (κ1) is 73.3. The van der Waals surface area contributed by atoms with Crippen LogP contribution >= 0.6 is 0 Å². The van der Waals surface area contributed by atoms with Crippen molar-refractivity contribution in [1.82, 2.24) is 58.5 Å². The van der Waals surface area contributed by atoms with Crippen LogP contribution in [0.4, 0.5) is 0 Å². The zero-order valence-electron chi connectivity index (χ0n) is 49.9. The van der Waals surface area contributed by atoms with Crippen LogP contribution in [0.25, 0.3) is 0 Å². The molecule has 0 bridgehead atoms. The Morgan fingerprint density at radius 1 is 0.560 bits per heavy atom. The molecule has 1 aromatic carbocycles. The van der Waals surface area contributed by atoms with Crippen LogP contribution in [-0.4, -0.2) is 176 Å². The van der Waals surface area contributed by atoms with Gasteiger partial charge in [0.2, 0.25) is 65.0 Å². The summed E-state index contributed by atoms with van der Waals surface area (Å²) in [6.45, 7) is 9.28. The van der Waals surface area contributed by atoms with Crippen LogP contribution in [-0.2, 0) is 59.2 Å². The third kappa shape index (κ3) is 26.4. The molecule has 0 spiro atoms. The Labute approximate surface area is 493 Å². The van der Waals surface area contributed by atoms with Gasteiger partial charge >= 0.3 is 0 Å². The molecule has 84 heavy (non-hydrogen) atoms. The van der Waals surface area contributed by atoms with E-state index in [0.717, 1.165) is 25.7 Å². The van der Waals surface area contributed by atoms with E-state index in [9.17, 15) is 57.8 Å². The lowest BCUT2D eigenvalue weighted by atomic mass is 10.00. The van der Waals surface area contributed by atoms with Gasteiger partial charge in [0.1, 0.15) is 60.4 Å². The zero-order chi connectivity index (χ0) is 62.9. The maximum absolute atomic E-state index is 14.6. The third-order valence-corrected chi connectivity index (χ3v) is 13.9. The second-order valence-electron chi connectivity index (χ2n) is 22.0. The van der Waals surface area contributed by atoms with Gasteiger partial charge in [0.25, 0.3) is 0 Å². The van der Waals surface area contributed by atoms with Crippen molar-refractivity contribution in [1.29, 1.82) is 0 Å². The minimum atomic E-state index is -1.68. The van der Waals surface area contributed by atoms with Crippen LogP contribution < -0.4 is 87.2 Å². The molecule has 22 N–H and O–H groups in total. The molecule has 0 aromatic heterocycles. The second-order valence-corrected chi connectivity index (χ2v) is 22.0. The van der Waals surface area contributed by atoms with E-state index in [1.807, 2.05) is 0 Å². The molecule has 1 saturated heterocycles. The number of nitrogens with two attached hydrogens (primary N) is 5. The second kappa shape index (κ2) is 39.6. The number of hydrogen-bond acceptors (Lipinski definition) is 17. The summed E-state index contributed by atoms with van der Waals surface area (Å²) in [6.07, 6.45) is 1.98. The molecule has 11 amide bonds. The van der Waals surface area contributed by atoms with Gasteiger partial charge in [0, 0.05) is 19.4 Å². The molecule has 28 heteroatoms. The van der Waals surface area contributed by atoms with Crippen molar-refractivity contribution in [2.24, 2.45) is 40.5 Å². The number of benzene rings is 1. The number of aliphatic hydroxyl groups excluding tert-OH is 1. The van der Waals surface area contributed by atoms with Gasteiger partial charge in [-0.2, -0.15) is 0 Å². The molecule has 0 saturated carbocycles. The van der Waals surface area contributed by atoms with E-state index in [2.05, 4.69) is 65.4 Å². The summed E-state index contributed by atoms with van der Waals surface area (Å²) >= 11 is 0. The Morgan fingerprint density at radius 2 is 1.05 bits per heavy atom. The molecule has 1 aliphatic rings. The van der Waals surface area contributed by atoms with Crippen molar-refractivity contribution >= 4 is 65.0 Å². The van der Waals surface area contributed by atoms with Crippen molar-refractivity contribution in [3.63, 3.8) is 0 Å². The number of hydrogen-bond donors (Lipinski definition) is 17. The molecule has 0 aliphatic carbocycles. The molecular formula is C56H98N16O12. The Hall–Kier alpha value is -6.85. The molecule has 28 nitrogen and oxygen atoms in total. The summed E-state index contributed by atoms with van der Waals surface area (Å²) in [6, 6.07) is -5.34. The molecule has 0 radical (unpaired) electrons. The zero-order valence-corrected chi connectivity index (χ0v) is 49.9. The predicted octanol–water partition coefficient (Wildman–Crippen LogP) is -4.22. The fraction of sp³-hybridized carbons (Fsp3) is 0.696. The minimum absolute atomic E-state index is 0.00199. The fourth-order valence-corrected chi connectivity index (χ4v) is 9.16. The van der Waals surface area contributed by atoms with Crippen molar-refractivity contribution in [3.8, 4) is 0 Å². The molecular weight excluding hydrogens is 1090 g/mol. The van der Waals surface area contributed by atoms with E-state index >= 15 is 0 Å². The topological polar surface area (TPSA) is 470 Å². The Balaban J connectivity index is 2.68. The van der Waals surface area contributed by atoms with E-state index in [4.69, 9.17) is 28.7 Å². The highest BCUT2D eigenvalue weighted by atomic mass is 16.3. The van der Waals surface area contributed by atoms with Crippen LogP contribution in [0.1, 0.15) is 131 Å². The highest BCUT2D eigenvalue weighted by molar-refractivity contribution is 5.99. The molecule has 1 aliphatic heterocycles. The van der Waals surface area contributed by atoms with Gasteiger partial charge in [0.15, 0.2) is 0 Å². The maximum atomic E-state index is 14.6. The van der Waals surface area contributed by atoms with E-state index < -0.39 is 137 Å². The van der Waals surface area contributed by atoms with Gasteiger partial charge in [0.05, 0.1) is 6.10 Å². The highest BCUT2D eigenvalue weighted by Crippen LogP contribution is 2.12. The SMILES string of the molecule is CCCCCCCC(=O)N[C@@H](CCN)C(=O)N[C@H](C(=O)N[C@@H](CCN)C(=O)N[C@H]1CCNC(=O)[C@H](C(C)C)NC(=O)[C@H](CCN)NC(=O)[C@H](CCN)NC(=O)[C@H](CC(C)C)NC(=O)[C@@H](Cc2ccccc2)NC(=O)[C@H](CCN)NC1=O)[C@@H](C)O. The maximum Gasteiger partial charge on any atom is 0.245 e. The van der Waals surface area contributed by atoms with Crippen LogP contribution in [0.3, 0.4) is 0 Å². The minimum Gasteiger partial charge on any atom is -0.391 e. The van der Waals surface area contributed by atoms with Gasteiger partial charge in [-0.25, -0.2) is 0 Å². The standard InChI is InChI=1S/C56H98N16O12/c1-7-8-9-10-14-17-44(74)63-36(18-24-57)51(79)72-46(34(6)73)56(84)68-39(21-27-60)48(76)67-41-23-29-62-55(83)45(33(4)5)71-52(80)40(22-28-61)65-47(75)37(19-25-58)66-53(81)42(30-32(2)3)69-54(82)43(31-35-15-12-11-13-16-35)70-49(77)38(20-26-59)64-50(41)78/h11-13,15-16,32-34,36-43,45-46,73H,7-10,14,17-31,57-61H2,1-6H3,(H,62,83)(H,63,74)(H,64,78)(H,65,75)(H,66,81)(H,67,76)(H,68,84)(H,69,82)(H,70,77)(H,71,80)(H,72,79)/t34-,36+,37+,38+,39+,40+,41+,42+,43-,45+,46+/m1/s1. The van der Waals surface area contributed by atoms with E-state index in [1.54, 1.807) is 58.0 Å². The summed E-state index contributed by atoms with van der Waals surface area (Å²) in [7, 11) is 0. The molecule has 11 atom stereocenters. The Morgan fingerprint density at radius 3 is 1.56 bits per heavy atom. The summed E-state index contributed by atoms with van der Waals surface area (Å²) in [5.41, 5.74) is 30.0. The third-order valence-electron chi connectivity index (χ3n) is 13.9. The predicted molar refractivity (Wildman–Crippen MR) is 315 cm³/mol. The summed E-state index contributed by atoms with van der Waals surface area (Å²) < 4.78 is 0. The number of carbonyl (C=O) groups excluding carboxylic acids is 11. The number of carbonyl (C=O) groups is 11.